The second-order valence-electron chi connectivity index (χ2n) is 5.43. The molecule has 0 aliphatic carbocycles. The molecular formula is C18H17FN2O2S. The second kappa shape index (κ2) is 7.05. The summed E-state index contributed by atoms with van der Waals surface area (Å²) in [5.74, 6) is -0.157. The number of nitrogens with one attached hydrogen (secondary N) is 1. The van der Waals surface area contributed by atoms with Gasteiger partial charge in [-0.05, 0) is 35.9 Å². The van der Waals surface area contributed by atoms with Crippen LogP contribution in [-0.2, 0) is 9.59 Å². The molecule has 0 aromatic heterocycles. The van der Waals surface area contributed by atoms with Crippen LogP contribution in [0, 0.1) is 5.82 Å². The average Bonchev–Trinajstić information content (AvgIpc) is 2.96. The van der Waals surface area contributed by atoms with Crippen LogP contribution in [0.1, 0.15) is 24.3 Å². The quantitative estimate of drug-likeness (QED) is 0.913. The lowest BCUT2D eigenvalue weighted by molar-refractivity contribution is -0.116. The van der Waals surface area contributed by atoms with E-state index in [4.69, 9.17) is 0 Å². The third-order valence-electron chi connectivity index (χ3n) is 3.73. The smallest absolute Gasteiger partial charge is 0.238 e. The predicted molar refractivity (Wildman–Crippen MR) is 94.4 cm³/mol. The molecule has 0 spiro atoms. The number of amides is 2. The zero-order valence-electron chi connectivity index (χ0n) is 13.2. The molecule has 4 nitrogen and oxygen atoms in total. The van der Waals surface area contributed by atoms with Crippen molar-refractivity contribution in [2.75, 3.05) is 16.0 Å². The van der Waals surface area contributed by atoms with Crippen LogP contribution in [0.5, 0.6) is 0 Å². The van der Waals surface area contributed by atoms with Crippen LogP contribution >= 0.6 is 11.8 Å². The molecule has 2 aromatic rings. The maximum absolute atomic E-state index is 13.5. The van der Waals surface area contributed by atoms with Crippen LogP contribution in [0.15, 0.2) is 48.5 Å². The molecular weight excluding hydrogens is 327 g/mol. The third kappa shape index (κ3) is 3.43. The highest BCUT2D eigenvalue weighted by atomic mass is 32.2. The zero-order chi connectivity index (χ0) is 17.1. The first-order chi connectivity index (χ1) is 11.6. The van der Waals surface area contributed by atoms with E-state index in [2.05, 4.69) is 5.32 Å². The monoisotopic (exact) mass is 344 g/mol. The Bertz CT molecular complexity index is 781. The van der Waals surface area contributed by atoms with E-state index in [0.717, 1.165) is 5.56 Å². The van der Waals surface area contributed by atoms with Crippen LogP contribution in [0.2, 0.25) is 0 Å². The minimum absolute atomic E-state index is 0.0569. The highest BCUT2D eigenvalue weighted by Gasteiger charge is 2.34. The first-order valence-electron chi connectivity index (χ1n) is 7.67. The van der Waals surface area contributed by atoms with E-state index in [1.54, 1.807) is 24.0 Å². The molecule has 6 heteroatoms. The molecule has 1 fully saturated rings. The van der Waals surface area contributed by atoms with Crippen LogP contribution in [0.3, 0.4) is 0 Å². The first kappa shape index (κ1) is 16.5. The average molecular weight is 344 g/mol. The lowest BCUT2D eigenvalue weighted by Gasteiger charge is -2.24. The number of anilines is 2. The van der Waals surface area contributed by atoms with Gasteiger partial charge in [-0.2, -0.15) is 0 Å². The fraction of sp³-hybridized carbons (Fsp3) is 0.222. The van der Waals surface area contributed by atoms with Gasteiger partial charge in [0.15, 0.2) is 0 Å². The van der Waals surface area contributed by atoms with Gasteiger partial charge in [0.05, 0.1) is 5.75 Å². The van der Waals surface area contributed by atoms with Crippen molar-refractivity contribution in [2.24, 2.45) is 0 Å². The van der Waals surface area contributed by atoms with E-state index in [9.17, 15) is 14.0 Å². The topological polar surface area (TPSA) is 49.4 Å². The molecule has 1 atom stereocenters. The molecule has 0 saturated carbocycles. The summed E-state index contributed by atoms with van der Waals surface area (Å²) in [5, 5.41) is 2.58. The van der Waals surface area contributed by atoms with Crippen LogP contribution < -0.4 is 10.2 Å². The van der Waals surface area contributed by atoms with E-state index in [1.165, 1.54) is 23.9 Å². The minimum Gasteiger partial charge on any atom is -0.326 e. The number of halogens is 1. The fourth-order valence-electron chi connectivity index (χ4n) is 2.60. The molecule has 0 bridgehead atoms. The molecule has 1 aliphatic heterocycles. The summed E-state index contributed by atoms with van der Waals surface area (Å²) in [6.07, 6.45) is 0.399. The number of benzene rings is 2. The van der Waals surface area contributed by atoms with Gasteiger partial charge in [-0.15, -0.1) is 11.8 Å². The van der Waals surface area contributed by atoms with Gasteiger partial charge in [0.25, 0.3) is 0 Å². The molecule has 1 N–H and O–H groups in total. The molecule has 124 valence electrons. The molecule has 0 radical (unpaired) electrons. The molecule has 24 heavy (non-hydrogen) atoms. The van der Waals surface area contributed by atoms with E-state index in [-0.39, 0.29) is 23.0 Å². The summed E-state index contributed by atoms with van der Waals surface area (Å²) in [5.41, 5.74) is 2.13. The Hall–Kier alpha value is -2.34. The van der Waals surface area contributed by atoms with Crippen molar-refractivity contribution in [3.05, 3.63) is 59.9 Å². The molecule has 1 heterocycles. The number of carbonyl (C=O) groups excluding carboxylic acids is 2. The van der Waals surface area contributed by atoms with E-state index in [1.807, 2.05) is 24.3 Å². The summed E-state index contributed by atoms with van der Waals surface area (Å²) in [6, 6.07) is 13.4. The lowest BCUT2D eigenvalue weighted by Crippen LogP contribution is -2.27. The Balaban J connectivity index is 1.91. The van der Waals surface area contributed by atoms with E-state index < -0.39 is 0 Å². The lowest BCUT2D eigenvalue weighted by atomic mass is 10.1. The highest BCUT2D eigenvalue weighted by Crippen LogP contribution is 2.42. The Morgan fingerprint density at radius 1 is 1.29 bits per heavy atom. The Morgan fingerprint density at radius 2 is 2.08 bits per heavy atom. The van der Waals surface area contributed by atoms with Gasteiger partial charge in [0.1, 0.15) is 11.2 Å². The SMILES string of the molecule is CCC(=O)Nc1cccc([C@@H]2SCC(=O)N2c2cccc(F)c2)c1. The standard InChI is InChI=1S/C18H17FN2O2S/c1-2-16(22)20-14-7-3-5-12(9-14)18-21(17(23)11-24-18)15-8-4-6-13(19)10-15/h3-10,18H,2,11H2,1H3,(H,20,22)/t18-/m0/s1. The highest BCUT2D eigenvalue weighted by molar-refractivity contribution is 8.00. The number of rotatable bonds is 4. The van der Waals surface area contributed by atoms with Gasteiger partial charge < -0.3 is 5.32 Å². The molecule has 0 unspecified atom stereocenters. The minimum atomic E-state index is -0.375. The van der Waals surface area contributed by atoms with Gasteiger partial charge in [-0.3, -0.25) is 14.5 Å². The largest absolute Gasteiger partial charge is 0.326 e. The number of thioether (sulfide) groups is 1. The Kier molecular flexibility index (Phi) is 4.85. The van der Waals surface area contributed by atoms with Gasteiger partial charge in [0, 0.05) is 17.8 Å². The van der Waals surface area contributed by atoms with Crippen LogP contribution in [-0.4, -0.2) is 17.6 Å². The zero-order valence-corrected chi connectivity index (χ0v) is 14.0. The van der Waals surface area contributed by atoms with Crippen LogP contribution in [0.4, 0.5) is 15.8 Å². The molecule has 3 rings (SSSR count). The van der Waals surface area contributed by atoms with Crippen molar-refractivity contribution < 1.29 is 14.0 Å². The van der Waals surface area contributed by atoms with Crippen molar-refractivity contribution in [3.8, 4) is 0 Å². The second-order valence-corrected chi connectivity index (χ2v) is 6.50. The van der Waals surface area contributed by atoms with Gasteiger partial charge >= 0.3 is 0 Å². The Morgan fingerprint density at radius 3 is 2.83 bits per heavy atom. The number of nitrogens with zero attached hydrogens (tertiary/aromatic N) is 1. The number of hydrogen-bond acceptors (Lipinski definition) is 3. The van der Waals surface area contributed by atoms with Crippen molar-refractivity contribution in [2.45, 2.75) is 18.7 Å². The maximum atomic E-state index is 13.5. The first-order valence-corrected chi connectivity index (χ1v) is 8.72. The molecule has 1 saturated heterocycles. The van der Waals surface area contributed by atoms with Crippen molar-refractivity contribution >= 4 is 35.0 Å². The summed E-state index contributed by atoms with van der Waals surface area (Å²) in [6.45, 7) is 1.79. The summed E-state index contributed by atoms with van der Waals surface area (Å²) < 4.78 is 13.5. The summed E-state index contributed by atoms with van der Waals surface area (Å²) in [7, 11) is 0. The summed E-state index contributed by atoms with van der Waals surface area (Å²) in [4.78, 5) is 25.5. The molecule has 2 aromatic carbocycles. The Labute approximate surface area is 144 Å². The number of hydrogen-bond donors (Lipinski definition) is 1. The van der Waals surface area contributed by atoms with Crippen molar-refractivity contribution in [3.63, 3.8) is 0 Å². The van der Waals surface area contributed by atoms with Crippen molar-refractivity contribution in [1.29, 1.82) is 0 Å². The normalized spacial score (nSPS) is 17.2. The fourth-order valence-corrected chi connectivity index (χ4v) is 3.76. The maximum Gasteiger partial charge on any atom is 0.238 e. The number of carbonyl (C=O) groups is 2. The third-order valence-corrected chi connectivity index (χ3v) is 4.94. The van der Waals surface area contributed by atoms with Gasteiger partial charge in [-0.25, -0.2) is 4.39 Å². The molecule has 2 amide bonds. The molecule has 1 aliphatic rings. The predicted octanol–water partition coefficient (Wildman–Crippen LogP) is 3.95. The van der Waals surface area contributed by atoms with Crippen molar-refractivity contribution in [1.82, 2.24) is 0 Å². The summed E-state index contributed by atoms with van der Waals surface area (Å²) >= 11 is 1.49. The van der Waals surface area contributed by atoms with Gasteiger partial charge in [-0.1, -0.05) is 25.1 Å². The van der Waals surface area contributed by atoms with Crippen LogP contribution in [0.25, 0.3) is 0 Å². The van der Waals surface area contributed by atoms with E-state index >= 15 is 0 Å². The van der Waals surface area contributed by atoms with Gasteiger partial charge in [0.2, 0.25) is 11.8 Å². The van der Waals surface area contributed by atoms with E-state index in [0.29, 0.717) is 23.5 Å².